The maximum Gasteiger partial charge on any atom is 0.243 e. The van der Waals surface area contributed by atoms with E-state index in [1.807, 2.05) is 64.5 Å². The molecule has 0 bridgehead atoms. The summed E-state index contributed by atoms with van der Waals surface area (Å²) in [5, 5.41) is 16.9. The van der Waals surface area contributed by atoms with E-state index in [-0.39, 0.29) is 12.5 Å². The highest BCUT2D eigenvalue weighted by Gasteiger charge is 2.55. The summed E-state index contributed by atoms with van der Waals surface area (Å²) in [6, 6.07) is 17.6. The molecule has 122 valence electrons. The Morgan fingerprint density at radius 1 is 1.12 bits per heavy atom. The molecule has 2 heterocycles. The van der Waals surface area contributed by atoms with Gasteiger partial charge in [-0.1, -0.05) is 42.1 Å². The molecule has 0 saturated carbocycles. The van der Waals surface area contributed by atoms with Crippen molar-refractivity contribution in [3.63, 3.8) is 0 Å². The van der Waals surface area contributed by atoms with Crippen LogP contribution in [0.3, 0.4) is 0 Å². The molecule has 0 aliphatic carbocycles. The summed E-state index contributed by atoms with van der Waals surface area (Å²) >= 11 is 2.97. The molecule has 1 spiro atoms. The van der Waals surface area contributed by atoms with E-state index in [0.29, 0.717) is 5.04 Å². The highest BCUT2D eigenvalue weighted by atomic mass is 32.2. The molecule has 0 saturated heterocycles. The summed E-state index contributed by atoms with van der Waals surface area (Å²) in [5.41, 5.74) is 1.82. The number of hydrazone groups is 1. The summed E-state index contributed by atoms with van der Waals surface area (Å²) in [6.45, 7) is 1.35. The van der Waals surface area contributed by atoms with Crippen molar-refractivity contribution in [3.8, 4) is 0 Å². The van der Waals surface area contributed by atoms with Crippen molar-refractivity contribution in [2.24, 2.45) is 5.10 Å². The SMILES string of the molecule is CC(=O)C1=NN(c2ccccc2)C2(S1)Sc1ccccc1N2CO. The molecule has 2 aliphatic rings. The summed E-state index contributed by atoms with van der Waals surface area (Å²) < 4.78 is -0.735. The third kappa shape index (κ3) is 2.23. The van der Waals surface area contributed by atoms with Crippen LogP contribution < -0.4 is 9.91 Å². The summed E-state index contributed by atoms with van der Waals surface area (Å²) in [7, 11) is 0. The van der Waals surface area contributed by atoms with Crippen molar-refractivity contribution < 1.29 is 9.90 Å². The minimum Gasteiger partial charge on any atom is -0.376 e. The first kappa shape index (κ1) is 15.6. The zero-order valence-electron chi connectivity index (χ0n) is 12.9. The predicted molar refractivity (Wildman–Crippen MR) is 99.2 cm³/mol. The van der Waals surface area contributed by atoms with Crippen molar-refractivity contribution in [2.75, 3.05) is 16.6 Å². The van der Waals surface area contributed by atoms with Gasteiger partial charge in [0.05, 0.1) is 11.4 Å². The number of fused-ring (bicyclic) bond motifs is 1. The van der Waals surface area contributed by atoms with E-state index in [9.17, 15) is 9.90 Å². The van der Waals surface area contributed by atoms with Crippen molar-refractivity contribution in [3.05, 3.63) is 54.6 Å². The first-order chi connectivity index (χ1) is 11.7. The lowest BCUT2D eigenvalue weighted by molar-refractivity contribution is -0.110. The van der Waals surface area contributed by atoms with Crippen molar-refractivity contribution in [1.82, 2.24) is 0 Å². The molecule has 0 aromatic heterocycles. The Bertz CT molecular complexity index is 828. The van der Waals surface area contributed by atoms with E-state index in [0.717, 1.165) is 16.3 Å². The monoisotopic (exact) mass is 357 g/mol. The third-order valence-electron chi connectivity index (χ3n) is 3.87. The van der Waals surface area contributed by atoms with Gasteiger partial charge in [0, 0.05) is 11.8 Å². The van der Waals surface area contributed by atoms with Gasteiger partial charge in [0.15, 0.2) is 10.8 Å². The molecule has 0 fully saturated rings. The molecule has 1 atom stereocenters. The molecule has 1 N–H and O–H groups in total. The number of nitrogens with zero attached hydrogens (tertiary/aromatic N) is 3. The minimum absolute atomic E-state index is 0.0766. The molecule has 0 amide bonds. The molecule has 7 heteroatoms. The summed E-state index contributed by atoms with van der Waals surface area (Å²) in [4.78, 5) is 14.9. The van der Waals surface area contributed by atoms with Crippen LogP contribution in [-0.4, -0.2) is 27.0 Å². The lowest BCUT2D eigenvalue weighted by Crippen LogP contribution is -2.51. The van der Waals surface area contributed by atoms with Crippen LogP contribution in [0.5, 0.6) is 0 Å². The molecule has 2 aliphatic heterocycles. The molecular weight excluding hydrogens is 342 g/mol. The molecule has 2 aromatic rings. The van der Waals surface area contributed by atoms with Gasteiger partial charge in [-0.25, -0.2) is 5.01 Å². The van der Waals surface area contributed by atoms with Crippen molar-refractivity contribution in [2.45, 2.75) is 16.1 Å². The molecule has 0 radical (unpaired) electrons. The quantitative estimate of drug-likeness (QED) is 0.909. The number of ketones is 1. The van der Waals surface area contributed by atoms with Crippen LogP contribution >= 0.6 is 23.5 Å². The van der Waals surface area contributed by atoms with E-state index >= 15 is 0 Å². The zero-order chi connectivity index (χ0) is 16.7. The second kappa shape index (κ2) is 5.84. The fourth-order valence-electron chi connectivity index (χ4n) is 2.79. The lowest BCUT2D eigenvalue weighted by Gasteiger charge is -2.39. The van der Waals surface area contributed by atoms with Crippen LogP contribution in [0.25, 0.3) is 0 Å². The molecule has 24 heavy (non-hydrogen) atoms. The topological polar surface area (TPSA) is 56.1 Å². The fraction of sp³-hybridized carbons (Fsp3) is 0.176. The Morgan fingerprint density at radius 3 is 2.54 bits per heavy atom. The fourth-order valence-corrected chi connectivity index (χ4v) is 5.70. The number of carbonyl (C=O) groups is 1. The summed E-state index contributed by atoms with van der Waals surface area (Å²) in [5.74, 6) is -0.0766. The predicted octanol–water partition coefficient (Wildman–Crippen LogP) is 3.32. The van der Waals surface area contributed by atoms with Crippen LogP contribution in [0.2, 0.25) is 0 Å². The molecular formula is C17H15N3O2S2. The van der Waals surface area contributed by atoms with E-state index in [2.05, 4.69) is 5.10 Å². The van der Waals surface area contributed by atoms with E-state index in [1.165, 1.54) is 18.7 Å². The molecule has 2 aromatic carbocycles. The smallest absolute Gasteiger partial charge is 0.243 e. The Morgan fingerprint density at radius 2 is 1.83 bits per heavy atom. The number of Topliss-reactive ketones (excluding diaryl/α,β-unsaturated/α-hetero) is 1. The Labute approximate surface area is 148 Å². The van der Waals surface area contributed by atoms with Crippen LogP contribution in [0.1, 0.15) is 6.92 Å². The van der Waals surface area contributed by atoms with E-state index in [4.69, 9.17) is 0 Å². The standard InChI is InChI=1S/C17H15N3O2S2/c1-12(22)16-18-20(13-7-3-2-4-8-13)17(24-16)19(11-21)14-9-5-6-10-15(14)23-17/h2-10,21H,11H2,1H3. The Kier molecular flexibility index (Phi) is 3.79. The normalized spacial score (nSPS) is 22.0. The van der Waals surface area contributed by atoms with Gasteiger partial charge >= 0.3 is 0 Å². The van der Waals surface area contributed by atoms with Crippen LogP contribution in [0, 0.1) is 0 Å². The Hall–Kier alpha value is -1.96. The Balaban J connectivity index is 1.85. The van der Waals surface area contributed by atoms with Crippen LogP contribution in [0.4, 0.5) is 11.4 Å². The molecule has 4 rings (SSSR count). The van der Waals surface area contributed by atoms with Gasteiger partial charge in [-0.05, 0) is 36.0 Å². The highest BCUT2D eigenvalue weighted by Crippen LogP contribution is 2.60. The number of aliphatic hydroxyl groups excluding tert-OH is 1. The van der Waals surface area contributed by atoms with Crippen LogP contribution in [0.15, 0.2) is 64.6 Å². The van der Waals surface area contributed by atoms with E-state index < -0.39 is 4.33 Å². The number of para-hydroxylation sites is 2. The lowest BCUT2D eigenvalue weighted by atomic mass is 10.3. The van der Waals surface area contributed by atoms with Crippen molar-refractivity contribution >= 4 is 45.7 Å². The number of rotatable bonds is 3. The van der Waals surface area contributed by atoms with Gasteiger partial charge in [0.1, 0.15) is 6.73 Å². The zero-order valence-corrected chi connectivity index (χ0v) is 14.5. The van der Waals surface area contributed by atoms with Gasteiger partial charge in [0.2, 0.25) is 4.33 Å². The number of thioether (sulfide) groups is 2. The second-order valence-corrected chi connectivity index (χ2v) is 8.03. The number of hydrogen-bond acceptors (Lipinski definition) is 7. The van der Waals surface area contributed by atoms with Gasteiger partial charge < -0.3 is 10.0 Å². The maximum absolute atomic E-state index is 12.0. The van der Waals surface area contributed by atoms with Gasteiger partial charge in [-0.2, -0.15) is 5.10 Å². The number of benzene rings is 2. The molecule has 5 nitrogen and oxygen atoms in total. The highest BCUT2D eigenvalue weighted by molar-refractivity contribution is 8.28. The first-order valence-electron chi connectivity index (χ1n) is 7.46. The first-order valence-corrected chi connectivity index (χ1v) is 9.09. The number of aliphatic hydroxyl groups is 1. The van der Waals surface area contributed by atoms with E-state index in [1.54, 1.807) is 11.8 Å². The third-order valence-corrected chi connectivity index (χ3v) is 6.82. The minimum atomic E-state index is -0.735. The largest absolute Gasteiger partial charge is 0.376 e. The number of hydrogen-bond donors (Lipinski definition) is 1. The van der Waals surface area contributed by atoms with Gasteiger partial charge in [0.25, 0.3) is 0 Å². The summed E-state index contributed by atoms with van der Waals surface area (Å²) in [6.07, 6.45) is 0. The van der Waals surface area contributed by atoms with Gasteiger partial charge in [-0.3, -0.25) is 4.79 Å². The van der Waals surface area contributed by atoms with Gasteiger partial charge in [-0.15, -0.1) is 0 Å². The van der Waals surface area contributed by atoms with Crippen LogP contribution in [-0.2, 0) is 4.79 Å². The number of carbonyl (C=O) groups excluding carboxylic acids is 1. The molecule has 1 unspecified atom stereocenters. The van der Waals surface area contributed by atoms with Crippen molar-refractivity contribution in [1.29, 1.82) is 0 Å². The second-order valence-electron chi connectivity index (χ2n) is 5.40. The average molecular weight is 357 g/mol. The maximum atomic E-state index is 12.0. The average Bonchev–Trinajstić information content (AvgIpc) is 3.13. The number of anilines is 2.